The molecule has 0 aliphatic carbocycles. The molecule has 1 fully saturated rings. The summed E-state index contributed by atoms with van der Waals surface area (Å²) in [5.74, 6) is 0. The Bertz CT molecular complexity index is 458. The van der Waals surface area contributed by atoms with E-state index in [4.69, 9.17) is 5.26 Å². The summed E-state index contributed by atoms with van der Waals surface area (Å²) in [7, 11) is 0. The monoisotopic (exact) mass is 258 g/mol. The van der Waals surface area contributed by atoms with Crippen molar-refractivity contribution in [1.29, 1.82) is 5.26 Å². The first-order chi connectivity index (χ1) is 8.45. The molecule has 1 heterocycles. The van der Waals surface area contributed by atoms with Crippen LogP contribution in [-0.2, 0) is 10.9 Å². The van der Waals surface area contributed by atoms with Gasteiger partial charge in [-0.15, -0.1) is 0 Å². The highest BCUT2D eigenvalue weighted by Crippen LogP contribution is 2.31. The van der Waals surface area contributed by atoms with Gasteiger partial charge in [-0.25, -0.2) is 4.79 Å². The van der Waals surface area contributed by atoms with E-state index in [-0.39, 0.29) is 11.7 Å². The third-order valence-electron chi connectivity index (χ3n) is 1.96. The van der Waals surface area contributed by atoms with Crippen molar-refractivity contribution >= 4 is 6.09 Å². The third kappa shape index (κ3) is 3.97. The number of ether oxygens (including phenoxy) is 1. The van der Waals surface area contributed by atoms with Crippen LogP contribution in [0.3, 0.4) is 0 Å². The van der Waals surface area contributed by atoms with E-state index in [1.807, 2.05) is 0 Å². The van der Waals surface area contributed by atoms with Crippen molar-refractivity contribution in [3.63, 3.8) is 0 Å². The van der Waals surface area contributed by atoms with E-state index < -0.39 is 11.7 Å². The summed E-state index contributed by atoms with van der Waals surface area (Å²) >= 11 is 0. The predicted octanol–water partition coefficient (Wildman–Crippen LogP) is 2.30. The van der Waals surface area contributed by atoms with Gasteiger partial charge in [0.25, 0.3) is 0 Å². The summed E-state index contributed by atoms with van der Waals surface area (Å²) in [6.07, 6.45) is -4.73. The minimum absolute atomic E-state index is 0.296. The van der Waals surface area contributed by atoms with E-state index in [0.717, 1.165) is 12.1 Å². The maximum absolute atomic E-state index is 12.1. The molecule has 4 nitrogen and oxygen atoms in total. The van der Waals surface area contributed by atoms with Crippen molar-refractivity contribution in [2.24, 2.45) is 0 Å². The summed E-state index contributed by atoms with van der Waals surface area (Å²) in [4.78, 5) is 9.91. The van der Waals surface area contributed by atoms with Crippen LogP contribution in [-0.4, -0.2) is 19.2 Å². The Labute approximate surface area is 101 Å². The number of amides is 1. The smallest absolute Gasteiger partial charge is 0.417 e. The lowest BCUT2D eigenvalue weighted by atomic mass is 10.1. The van der Waals surface area contributed by atoms with Gasteiger partial charge in [0, 0.05) is 0 Å². The molecule has 1 N–H and O–H groups in total. The van der Waals surface area contributed by atoms with Gasteiger partial charge in [-0.2, -0.15) is 18.4 Å². The fourth-order valence-corrected chi connectivity index (χ4v) is 1.18. The summed E-state index contributed by atoms with van der Waals surface area (Å²) < 4.78 is 40.7. The molecule has 1 aromatic carbocycles. The molecule has 0 aromatic heterocycles. The van der Waals surface area contributed by atoms with Crippen LogP contribution in [0, 0.1) is 11.3 Å². The van der Waals surface area contributed by atoms with Gasteiger partial charge in [-0.3, -0.25) is 0 Å². The molecule has 0 atom stereocenters. The molecule has 7 heteroatoms. The van der Waals surface area contributed by atoms with Crippen LogP contribution in [0.4, 0.5) is 18.0 Å². The number of nitriles is 1. The first kappa shape index (κ1) is 13.8. The van der Waals surface area contributed by atoms with Gasteiger partial charge in [0.15, 0.2) is 0 Å². The SMILES string of the molecule is N#Cc1ccccc1C(F)(F)F.O=C1NCCO1. The van der Waals surface area contributed by atoms with E-state index >= 15 is 0 Å². The van der Waals surface area contributed by atoms with Gasteiger partial charge in [-0.05, 0) is 12.1 Å². The minimum atomic E-state index is -4.44. The Kier molecular flexibility index (Phi) is 4.54. The van der Waals surface area contributed by atoms with E-state index in [0.29, 0.717) is 13.2 Å². The van der Waals surface area contributed by atoms with Gasteiger partial charge < -0.3 is 10.1 Å². The van der Waals surface area contributed by atoms with Crippen molar-refractivity contribution in [2.45, 2.75) is 6.18 Å². The molecule has 0 unspecified atom stereocenters. The van der Waals surface area contributed by atoms with Crippen molar-refractivity contribution in [1.82, 2.24) is 5.32 Å². The molecule has 1 amide bonds. The second kappa shape index (κ2) is 5.91. The molecule has 0 radical (unpaired) electrons. The average molecular weight is 258 g/mol. The van der Waals surface area contributed by atoms with Gasteiger partial charge >= 0.3 is 12.3 Å². The van der Waals surface area contributed by atoms with Gasteiger partial charge in [0.2, 0.25) is 0 Å². The van der Waals surface area contributed by atoms with Crippen LogP contribution in [0.15, 0.2) is 24.3 Å². The highest BCUT2D eigenvalue weighted by atomic mass is 19.4. The molecule has 96 valence electrons. The zero-order chi connectivity index (χ0) is 13.6. The average Bonchev–Trinajstić information content (AvgIpc) is 2.80. The molecule has 1 aliphatic heterocycles. The van der Waals surface area contributed by atoms with Crippen LogP contribution in [0.1, 0.15) is 11.1 Å². The number of hydrogen-bond acceptors (Lipinski definition) is 3. The summed E-state index contributed by atoms with van der Waals surface area (Å²) in [6, 6.07) is 6.16. The lowest BCUT2D eigenvalue weighted by molar-refractivity contribution is -0.137. The number of alkyl halides is 3. The van der Waals surface area contributed by atoms with Gasteiger partial charge in [-0.1, -0.05) is 12.1 Å². The quantitative estimate of drug-likeness (QED) is 0.776. The maximum Gasteiger partial charge on any atom is 0.417 e. The second-order valence-corrected chi connectivity index (χ2v) is 3.22. The fraction of sp³-hybridized carbons (Fsp3) is 0.273. The number of halogens is 3. The number of nitrogens with zero attached hydrogens (tertiary/aromatic N) is 1. The first-order valence-electron chi connectivity index (χ1n) is 4.92. The number of benzene rings is 1. The summed E-state index contributed by atoms with van der Waals surface area (Å²) in [6.45, 7) is 1.19. The Morgan fingerprint density at radius 3 is 2.33 bits per heavy atom. The largest absolute Gasteiger partial charge is 0.448 e. The molecule has 2 rings (SSSR count). The third-order valence-corrected chi connectivity index (χ3v) is 1.96. The number of carbonyl (C=O) groups is 1. The lowest BCUT2D eigenvalue weighted by Crippen LogP contribution is -2.11. The van der Waals surface area contributed by atoms with Crippen molar-refractivity contribution in [3.05, 3.63) is 35.4 Å². The van der Waals surface area contributed by atoms with E-state index in [1.165, 1.54) is 18.2 Å². The molecular weight excluding hydrogens is 249 g/mol. The Morgan fingerprint density at radius 1 is 1.33 bits per heavy atom. The number of carbonyl (C=O) groups excluding carboxylic acids is 1. The van der Waals surface area contributed by atoms with Crippen LogP contribution < -0.4 is 5.32 Å². The lowest BCUT2D eigenvalue weighted by Gasteiger charge is -2.06. The Hall–Kier alpha value is -2.23. The predicted molar refractivity (Wildman–Crippen MR) is 55.5 cm³/mol. The molecule has 1 saturated heterocycles. The van der Waals surface area contributed by atoms with Crippen LogP contribution in [0.5, 0.6) is 0 Å². The van der Waals surface area contributed by atoms with E-state index in [2.05, 4.69) is 10.1 Å². The number of rotatable bonds is 0. The molecule has 0 spiro atoms. The summed E-state index contributed by atoms with van der Waals surface area (Å²) in [5.41, 5.74) is -1.22. The number of cyclic esters (lactones) is 1. The standard InChI is InChI=1S/C8H4F3N.C3H5NO2/c9-8(10,11)7-4-2-1-3-6(7)5-12;5-3-4-1-2-6-3/h1-4H;1-2H2,(H,4,5). The van der Waals surface area contributed by atoms with Crippen molar-refractivity contribution < 1.29 is 22.7 Å². The number of hydrogen-bond donors (Lipinski definition) is 1. The molecule has 1 aliphatic rings. The molecule has 0 bridgehead atoms. The highest BCUT2D eigenvalue weighted by molar-refractivity contribution is 5.68. The summed E-state index contributed by atoms with van der Waals surface area (Å²) in [5, 5.41) is 10.8. The molecule has 0 saturated carbocycles. The van der Waals surface area contributed by atoms with Crippen LogP contribution in [0.2, 0.25) is 0 Å². The number of alkyl carbamates (subject to hydrolysis) is 1. The van der Waals surface area contributed by atoms with Crippen molar-refractivity contribution in [3.8, 4) is 6.07 Å². The molecular formula is C11H9F3N2O2. The fourth-order valence-electron chi connectivity index (χ4n) is 1.18. The zero-order valence-corrected chi connectivity index (χ0v) is 9.12. The second-order valence-electron chi connectivity index (χ2n) is 3.22. The van der Waals surface area contributed by atoms with Gasteiger partial charge in [0.1, 0.15) is 6.61 Å². The van der Waals surface area contributed by atoms with E-state index in [9.17, 15) is 18.0 Å². The van der Waals surface area contributed by atoms with Crippen LogP contribution >= 0.6 is 0 Å². The molecule has 1 aromatic rings. The Morgan fingerprint density at radius 2 is 2.00 bits per heavy atom. The Balaban J connectivity index is 0.000000225. The van der Waals surface area contributed by atoms with E-state index in [1.54, 1.807) is 0 Å². The molecule has 18 heavy (non-hydrogen) atoms. The maximum atomic E-state index is 12.1. The zero-order valence-electron chi connectivity index (χ0n) is 9.12. The van der Waals surface area contributed by atoms with Crippen molar-refractivity contribution in [2.75, 3.05) is 13.2 Å². The normalized spacial score (nSPS) is 13.8. The van der Waals surface area contributed by atoms with Crippen LogP contribution in [0.25, 0.3) is 0 Å². The highest BCUT2D eigenvalue weighted by Gasteiger charge is 2.32. The minimum Gasteiger partial charge on any atom is -0.448 e. The topological polar surface area (TPSA) is 62.1 Å². The van der Waals surface area contributed by atoms with Gasteiger partial charge in [0.05, 0.1) is 23.7 Å². The number of nitrogens with one attached hydrogen (secondary N) is 1. The first-order valence-corrected chi connectivity index (χ1v) is 4.92.